The molecule has 1 aromatic carbocycles. The number of ether oxygens (including phenoxy) is 2. The van der Waals surface area contributed by atoms with Gasteiger partial charge in [0.15, 0.2) is 5.75 Å². The van der Waals surface area contributed by atoms with Crippen molar-refractivity contribution in [2.24, 2.45) is 0 Å². The zero-order valence-electron chi connectivity index (χ0n) is 11.3. The molecule has 0 atom stereocenters. The van der Waals surface area contributed by atoms with Gasteiger partial charge >= 0.3 is 5.97 Å². The minimum Gasteiger partial charge on any atom is -0.494 e. The number of benzene rings is 1. The van der Waals surface area contributed by atoms with Gasteiger partial charge in [0.1, 0.15) is 3.79 Å². The van der Waals surface area contributed by atoms with E-state index in [0.717, 1.165) is 3.79 Å². The molecular weight excluding hydrogens is 358 g/mol. The Kier molecular flexibility index (Phi) is 4.98. The van der Waals surface area contributed by atoms with Crippen molar-refractivity contribution >= 4 is 44.8 Å². The minimum atomic E-state index is -0.510. The lowest BCUT2D eigenvalue weighted by Gasteiger charge is -2.09. The molecule has 1 N–H and O–H groups in total. The second-order valence-electron chi connectivity index (χ2n) is 3.95. The number of hydrogen-bond donors (Lipinski definition) is 1. The van der Waals surface area contributed by atoms with Crippen molar-refractivity contribution in [3.63, 3.8) is 0 Å². The Hall–Kier alpha value is -1.86. The van der Waals surface area contributed by atoms with Crippen LogP contribution in [0.5, 0.6) is 5.75 Å². The summed E-state index contributed by atoms with van der Waals surface area (Å²) in [5.41, 5.74) is 1.08. The molecule has 5 nitrogen and oxygen atoms in total. The zero-order chi connectivity index (χ0) is 15.4. The summed E-state index contributed by atoms with van der Waals surface area (Å²) in [5, 5.41) is 4.38. The number of para-hydroxylation sites is 1. The fraction of sp³-hybridized carbons (Fsp3) is 0.143. The van der Waals surface area contributed by atoms with Gasteiger partial charge in [0, 0.05) is 5.38 Å². The number of carbonyl (C=O) groups excluding carboxylic acids is 2. The lowest BCUT2D eigenvalue weighted by atomic mass is 10.1. The molecule has 0 saturated heterocycles. The van der Waals surface area contributed by atoms with E-state index in [4.69, 9.17) is 9.47 Å². The molecule has 1 amide bonds. The highest BCUT2D eigenvalue weighted by atomic mass is 79.9. The standard InChI is InChI=1S/C14H12BrNO4S/c1-19-11-9(7-21-12(11)15)13(17)16-10-6-4-3-5-8(10)14(18)20-2/h3-7H,1-2H3,(H,16,17). The maximum atomic E-state index is 12.3. The van der Waals surface area contributed by atoms with Gasteiger partial charge in [-0.25, -0.2) is 4.79 Å². The SMILES string of the molecule is COC(=O)c1ccccc1NC(=O)c1csc(Br)c1OC. The summed E-state index contributed by atoms with van der Waals surface area (Å²) >= 11 is 4.67. The fourth-order valence-electron chi connectivity index (χ4n) is 1.74. The van der Waals surface area contributed by atoms with Crippen molar-refractivity contribution in [3.8, 4) is 5.75 Å². The Morgan fingerprint density at radius 2 is 1.90 bits per heavy atom. The van der Waals surface area contributed by atoms with Crippen molar-refractivity contribution < 1.29 is 19.1 Å². The summed E-state index contributed by atoms with van der Waals surface area (Å²) in [6.07, 6.45) is 0. The van der Waals surface area contributed by atoms with E-state index in [1.54, 1.807) is 29.6 Å². The van der Waals surface area contributed by atoms with Crippen LogP contribution in [0.15, 0.2) is 33.4 Å². The van der Waals surface area contributed by atoms with Crippen molar-refractivity contribution in [2.45, 2.75) is 0 Å². The molecule has 0 bridgehead atoms. The summed E-state index contributed by atoms with van der Waals surface area (Å²) < 4.78 is 10.6. The second-order valence-corrected chi connectivity index (χ2v) is 6.15. The van der Waals surface area contributed by atoms with Crippen LogP contribution >= 0.6 is 27.3 Å². The van der Waals surface area contributed by atoms with E-state index in [1.807, 2.05) is 0 Å². The molecule has 0 fully saturated rings. The molecule has 0 aliphatic heterocycles. The average molecular weight is 370 g/mol. The fourth-order valence-corrected chi connectivity index (χ4v) is 3.13. The Morgan fingerprint density at radius 1 is 1.19 bits per heavy atom. The number of thiophene rings is 1. The first kappa shape index (κ1) is 15.5. The molecule has 0 spiro atoms. The van der Waals surface area contributed by atoms with Gasteiger partial charge in [-0.2, -0.15) is 0 Å². The predicted molar refractivity (Wildman–Crippen MR) is 84.3 cm³/mol. The number of carbonyl (C=O) groups is 2. The predicted octanol–water partition coefficient (Wildman–Crippen LogP) is 3.56. The number of esters is 1. The lowest BCUT2D eigenvalue weighted by molar-refractivity contribution is 0.0602. The average Bonchev–Trinajstić information content (AvgIpc) is 2.88. The third-order valence-corrected chi connectivity index (χ3v) is 4.40. The summed E-state index contributed by atoms with van der Waals surface area (Å²) in [5.74, 6) is -0.400. The molecule has 110 valence electrons. The summed E-state index contributed by atoms with van der Waals surface area (Å²) in [7, 11) is 2.78. The van der Waals surface area contributed by atoms with Crippen LogP contribution in [-0.4, -0.2) is 26.1 Å². The lowest BCUT2D eigenvalue weighted by Crippen LogP contribution is -2.15. The number of hydrogen-bond acceptors (Lipinski definition) is 5. The molecule has 2 aromatic rings. The Bertz CT molecular complexity index is 683. The topological polar surface area (TPSA) is 64.6 Å². The van der Waals surface area contributed by atoms with Crippen molar-refractivity contribution in [2.75, 3.05) is 19.5 Å². The quantitative estimate of drug-likeness (QED) is 0.836. The molecule has 0 saturated carbocycles. The summed E-state index contributed by atoms with van der Waals surface area (Å²) in [6.45, 7) is 0. The van der Waals surface area contributed by atoms with E-state index in [0.29, 0.717) is 22.6 Å². The van der Waals surface area contributed by atoms with Gasteiger partial charge in [0.25, 0.3) is 5.91 Å². The van der Waals surface area contributed by atoms with Crippen LogP contribution in [0, 0.1) is 0 Å². The van der Waals surface area contributed by atoms with Gasteiger partial charge in [-0.1, -0.05) is 12.1 Å². The van der Waals surface area contributed by atoms with Gasteiger partial charge < -0.3 is 14.8 Å². The zero-order valence-corrected chi connectivity index (χ0v) is 13.7. The van der Waals surface area contributed by atoms with Crippen molar-refractivity contribution in [1.29, 1.82) is 0 Å². The monoisotopic (exact) mass is 369 g/mol. The van der Waals surface area contributed by atoms with Crippen LogP contribution in [0.25, 0.3) is 0 Å². The summed E-state index contributed by atoms with van der Waals surface area (Å²) in [6, 6.07) is 6.65. The van der Waals surface area contributed by atoms with Crippen LogP contribution < -0.4 is 10.1 Å². The molecule has 0 radical (unpaired) electrons. The third kappa shape index (κ3) is 3.25. The van der Waals surface area contributed by atoms with E-state index in [9.17, 15) is 9.59 Å². The first-order chi connectivity index (χ1) is 10.1. The Morgan fingerprint density at radius 3 is 2.57 bits per heavy atom. The van der Waals surface area contributed by atoms with Crippen LogP contribution in [0.3, 0.4) is 0 Å². The Labute approximate surface area is 134 Å². The molecular formula is C14H12BrNO4S. The number of amides is 1. The first-order valence-corrected chi connectivity index (χ1v) is 7.55. The van der Waals surface area contributed by atoms with Gasteiger partial charge in [-0.15, -0.1) is 11.3 Å². The molecule has 7 heteroatoms. The second kappa shape index (κ2) is 6.73. The molecule has 0 unspecified atom stereocenters. The highest BCUT2D eigenvalue weighted by Gasteiger charge is 2.19. The number of anilines is 1. The number of nitrogens with one attached hydrogen (secondary N) is 1. The van der Waals surface area contributed by atoms with Crippen LogP contribution in [0.1, 0.15) is 20.7 Å². The first-order valence-electron chi connectivity index (χ1n) is 5.88. The molecule has 1 aromatic heterocycles. The van der Waals surface area contributed by atoms with E-state index >= 15 is 0 Å². The number of rotatable bonds is 4. The molecule has 0 aliphatic carbocycles. The number of halogens is 1. The van der Waals surface area contributed by atoms with Gasteiger partial charge in [0.2, 0.25) is 0 Å². The molecule has 0 aliphatic rings. The van der Waals surface area contributed by atoms with E-state index < -0.39 is 5.97 Å². The van der Waals surface area contributed by atoms with Crippen LogP contribution in [0.2, 0.25) is 0 Å². The molecule has 1 heterocycles. The normalized spacial score (nSPS) is 10.0. The van der Waals surface area contributed by atoms with Gasteiger partial charge in [-0.05, 0) is 28.1 Å². The van der Waals surface area contributed by atoms with E-state index in [2.05, 4.69) is 21.2 Å². The van der Waals surface area contributed by atoms with E-state index in [1.165, 1.54) is 25.6 Å². The highest BCUT2D eigenvalue weighted by Crippen LogP contribution is 2.35. The van der Waals surface area contributed by atoms with Gasteiger partial charge in [-0.3, -0.25) is 4.79 Å². The van der Waals surface area contributed by atoms with E-state index in [-0.39, 0.29) is 5.91 Å². The van der Waals surface area contributed by atoms with Crippen LogP contribution in [0.4, 0.5) is 5.69 Å². The third-order valence-electron chi connectivity index (χ3n) is 2.73. The smallest absolute Gasteiger partial charge is 0.339 e. The summed E-state index contributed by atoms with van der Waals surface area (Å²) in [4.78, 5) is 24.0. The minimum absolute atomic E-state index is 0.293. The highest BCUT2D eigenvalue weighted by molar-refractivity contribution is 9.11. The molecule has 2 rings (SSSR count). The van der Waals surface area contributed by atoms with Crippen LogP contribution in [-0.2, 0) is 4.74 Å². The molecule has 21 heavy (non-hydrogen) atoms. The van der Waals surface area contributed by atoms with Crippen molar-refractivity contribution in [3.05, 3.63) is 44.6 Å². The van der Waals surface area contributed by atoms with Gasteiger partial charge in [0.05, 0.1) is 31.0 Å². The van der Waals surface area contributed by atoms with Crippen molar-refractivity contribution in [1.82, 2.24) is 0 Å². The number of methoxy groups -OCH3 is 2. The maximum absolute atomic E-state index is 12.3. The Balaban J connectivity index is 2.30. The maximum Gasteiger partial charge on any atom is 0.339 e. The largest absolute Gasteiger partial charge is 0.494 e.